The highest BCUT2D eigenvalue weighted by Gasteiger charge is 2.10. The third kappa shape index (κ3) is 3.64. The molecule has 0 radical (unpaired) electrons. The average molecular weight is 278 g/mol. The second kappa shape index (κ2) is 6.29. The van der Waals surface area contributed by atoms with Crippen LogP contribution in [0.2, 0.25) is 0 Å². The average Bonchev–Trinajstić information content (AvgIpc) is 2.85. The largest absolute Gasteiger partial charge is 0.476 e. The van der Waals surface area contributed by atoms with Crippen LogP contribution in [-0.4, -0.2) is 22.8 Å². The van der Waals surface area contributed by atoms with Gasteiger partial charge < -0.3 is 14.9 Å². The Morgan fingerprint density at radius 3 is 2.90 bits per heavy atom. The minimum atomic E-state index is -1.11. The SMILES string of the molecule is Cc1cc(F)ccc1CCNCc1cc(C(=O)O)no1. The van der Waals surface area contributed by atoms with Gasteiger partial charge in [0.15, 0.2) is 11.5 Å². The van der Waals surface area contributed by atoms with E-state index >= 15 is 0 Å². The molecule has 0 saturated carbocycles. The van der Waals surface area contributed by atoms with Gasteiger partial charge in [-0.1, -0.05) is 11.2 Å². The Morgan fingerprint density at radius 2 is 2.25 bits per heavy atom. The van der Waals surface area contributed by atoms with Crippen molar-refractivity contribution in [1.82, 2.24) is 10.5 Å². The van der Waals surface area contributed by atoms with Crippen LogP contribution in [0, 0.1) is 12.7 Å². The van der Waals surface area contributed by atoms with E-state index in [2.05, 4.69) is 10.5 Å². The lowest BCUT2D eigenvalue weighted by Gasteiger charge is -2.06. The van der Waals surface area contributed by atoms with Gasteiger partial charge in [0, 0.05) is 6.07 Å². The van der Waals surface area contributed by atoms with Crippen LogP contribution in [0.3, 0.4) is 0 Å². The molecule has 0 fully saturated rings. The van der Waals surface area contributed by atoms with Gasteiger partial charge in [0.25, 0.3) is 0 Å². The van der Waals surface area contributed by atoms with E-state index in [0.29, 0.717) is 18.8 Å². The van der Waals surface area contributed by atoms with E-state index in [9.17, 15) is 9.18 Å². The molecule has 0 spiro atoms. The number of nitrogens with one attached hydrogen (secondary N) is 1. The number of hydrogen-bond donors (Lipinski definition) is 2. The van der Waals surface area contributed by atoms with E-state index in [0.717, 1.165) is 17.5 Å². The fraction of sp³-hybridized carbons (Fsp3) is 0.286. The number of aromatic carboxylic acids is 1. The number of halogens is 1. The Balaban J connectivity index is 1.79. The third-order valence-corrected chi connectivity index (χ3v) is 2.95. The molecule has 0 aliphatic rings. The zero-order chi connectivity index (χ0) is 14.5. The monoisotopic (exact) mass is 278 g/mol. The molecular weight excluding hydrogens is 263 g/mol. The molecule has 5 nitrogen and oxygen atoms in total. The highest BCUT2D eigenvalue weighted by Crippen LogP contribution is 2.10. The first-order chi connectivity index (χ1) is 9.56. The highest BCUT2D eigenvalue weighted by atomic mass is 19.1. The second-order valence-corrected chi connectivity index (χ2v) is 4.48. The summed E-state index contributed by atoms with van der Waals surface area (Å²) in [6, 6.07) is 6.10. The minimum Gasteiger partial charge on any atom is -0.476 e. The molecule has 0 atom stereocenters. The number of nitrogens with zero attached hydrogens (tertiary/aromatic N) is 1. The summed E-state index contributed by atoms with van der Waals surface area (Å²) in [4.78, 5) is 10.6. The van der Waals surface area contributed by atoms with Crippen molar-refractivity contribution >= 4 is 5.97 Å². The molecule has 0 saturated heterocycles. The highest BCUT2D eigenvalue weighted by molar-refractivity contribution is 5.85. The zero-order valence-electron chi connectivity index (χ0n) is 11.0. The normalized spacial score (nSPS) is 10.7. The van der Waals surface area contributed by atoms with Crippen molar-refractivity contribution in [1.29, 1.82) is 0 Å². The Labute approximate surface area is 115 Å². The van der Waals surface area contributed by atoms with Gasteiger partial charge in [0.1, 0.15) is 5.82 Å². The first-order valence-electron chi connectivity index (χ1n) is 6.21. The summed E-state index contributed by atoms with van der Waals surface area (Å²) in [6.07, 6.45) is 0.756. The van der Waals surface area contributed by atoms with E-state index in [1.165, 1.54) is 18.2 Å². The summed E-state index contributed by atoms with van der Waals surface area (Å²) in [5.74, 6) is -0.873. The zero-order valence-corrected chi connectivity index (χ0v) is 11.0. The third-order valence-electron chi connectivity index (χ3n) is 2.95. The standard InChI is InChI=1S/C14H15FN2O3/c1-9-6-11(15)3-2-10(9)4-5-16-8-12-7-13(14(18)19)17-20-12/h2-3,6-7,16H,4-5,8H2,1H3,(H,18,19). The van der Waals surface area contributed by atoms with Gasteiger partial charge in [0.05, 0.1) is 6.54 Å². The molecule has 0 aliphatic carbocycles. The first kappa shape index (κ1) is 14.2. The van der Waals surface area contributed by atoms with Crippen LogP contribution in [0.5, 0.6) is 0 Å². The molecule has 2 aromatic rings. The second-order valence-electron chi connectivity index (χ2n) is 4.48. The van der Waals surface area contributed by atoms with Crippen molar-refractivity contribution < 1.29 is 18.8 Å². The quantitative estimate of drug-likeness (QED) is 0.792. The van der Waals surface area contributed by atoms with Gasteiger partial charge >= 0.3 is 5.97 Å². The summed E-state index contributed by atoms with van der Waals surface area (Å²) in [7, 11) is 0. The first-order valence-corrected chi connectivity index (χ1v) is 6.21. The van der Waals surface area contributed by atoms with Crippen molar-refractivity contribution in [3.05, 3.63) is 52.7 Å². The molecule has 0 unspecified atom stereocenters. The molecule has 1 aromatic heterocycles. The lowest BCUT2D eigenvalue weighted by molar-refractivity contribution is 0.0685. The number of benzene rings is 1. The number of aromatic nitrogens is 1. The van der Waals surface area contributed by atoms with Crippen molar-refractivity contribution in [2.75, 3.05) is 6.54 Å². The van der Waals surface area contributed by atoms with Gasteiger partial charge in [-0.2, -0.15) is 0 Å². The lowest BCUT2D eigenvalue weighted by atomic mass is 10.1. The van der Waals surface area contributed by atoms with Crippen LogP contribution in [0.25, 0.3) is 0 Å². The summed E-state index contributed by atoms with van der Waals surface area (Å²) < 4.78 is 17.8. The summed E-state index contributed by atoms with van der Waals surface area (Å²) in [6.45, 7) is 2.95. The van der Waals surface area contributed by atoms with E-state index in [1.807, 2.05) is 6.92 Å². The van der Waals surface area contributed by atoms with Crippen LogP contribution >= 0.6 is 0 Å². The molecule has 106 valence electrons. The minimum absolute atomic E-state index is 0.101. The molecule has 1 aromatic carbocycles. The van der Waals surface area contributed by atoms with Gasteiger partial charge in [-0.3, -0.25) is 0 Å². The van der Waals surface area contributed by atoms with Gasteiger partial charge in [-0.05, 0) is 43.1 Å². The molecule has 0 bridgehead atoms. The van der Waals surface area contributed by atoms with Crippen LogP contribution in [0.1, 0.15) is 27.4 Å². The Hall–Kier alpha value is -2.21. The molecule has 0 amide bonds. The predicted molar refractivity (Wildman–Crippen MR) is 70.0 cm³/mol. The molecule has 2 rings (SSSR count). The van der Waals surface area contributed by atoms with Crippen molar-refractivity contribution in [3.63, 3.8) is 0 Å². The number of carboxylic acid groups (broad SMARTS) is 1. The van der Waals surface area contributed by atoms with Crippen LogP contribution in [-0.2, 0) is 13.0 Å². The van der Waals surface area contributed by atoms with E-state index < -0.39 is 5.97 Å². The lowest BCUT2D eigenvalue weighted by Crippen LogP contribution is -2.16. The van der Waals surface area contributed by atoms with Gasteiger partial charge in [0.2, 0.25) is 0 Å². The molecule has 6 heteroatoms. The van der Waals surface area contributed by atoms with E-state index in [1.54, 1.807) is 6.07 Å². The fourth-order valence-corrected chi connectivity index (χ4v) is 1.87. The number of carbonyl (C=O) groups is 1. The summed E-state index contributed by atoms with van der Waals surface area (Å²) >= 11 is 0. The van der Waals surface area contributed by atoms with E-state index in [4.69, 9.17) is 9.63 Å². The molecule has 0 aliphatic heterocycles. The topological polar surface area (TPSA) is 75.4 Å². The number of carboxylic acids is 1. The van der Waals surface area contributed by atoms with Gasteiger partial charge in [-0.25, -0.2) is 9.18 Å². The maximum atomic E-state index is 12.9. The number of aryl methyl sites for hydroxylation is 1. The van der Waals surface area contributed by atoms with Crippen molar-refractivity contribution in [2.24, 2.45) is 0 Å². The number of rotatable bonds is 6. The van der Waals surface area contributed by atoms with Crippen LogP contribution < -0.4 is 5.32 Å². The number of hydrogen-bond acceptors (Lipinski definition) is 4. The molecule has 1 heterocycles. The predicted octanol–water partition coefficient (Wildman–Crippen LogP) is 2.15. The molecular formula is C14H15FN2O3. The smallest absolute Gasteiger partial charge is 0.358 e. The van der Waals surface area contributed by atoms with Crippen molar-refractivity contribution in [3.8, 4) is 0 Å². The van der Waals surface area contributed by atoms with Gasteiger partial charge in [-0.15, -0.1) is 0 Å². The van der Waals surface area contributed by atoms with E-state index in [-0.39, 0.29) is 11.5 Å². The van der Waals surface area contributed by atoms with Crippen molar-refractivity contribution in [2.45, 2.75) is 19.9 Å². The molecule has 20 heavy (non-hydrogen) atoms. The Bertz CT molecular complexity index is 610. The van der Waals surface area contributed by atoms with Crippen LogP contribution in [0.4, 0.5) is 4.39 Å². The maximum Gasteiger partial charge on any atom is 0.358 e. The Kier molecular flexibility index (Phi) is 4.47. The summed E-state index contributed by atoms with van der Waals surface area (Å²) in [5.41, 5.74) is 1.89. The molecule has 2 N–H and O–H groups in total. The Morgan fingerprint density at radius 1 is 1.45 bits per heavy atom. The summed E-state index contributed by atoms with van der Waals surface area (Å²) in [5, 5.41) is 15.2. The fourth-order valence-electron chi connectivity index (χ4n) is 1.87. The maximum absolute atomic E-state index is 12.9. The van der Waals surface area contributed by atoms with Crippen LogP contribution in [0.15, 0.2) is 28.8 Å².